The van der Waals surface area contributed by atoms with E-state index in [0.29, 0.717) is 35.8 Å². The fourth-order valence-corrected chi connectivity index (χ4v) is 2.90. The molecule has 0 atom stereocenters. The van der Waals surface area contributed by atoms with Crippen LogP contribution in [0.4, 0.5) is 17.1 Å². The fourth-order valence-electron chi connectivity index (χ4n) is 2.90. The molecular weight excluding hydrogens is 362 g/mol. The van der Waals surface area contributed by atoms with E-state index in [0.717, 1.165) is 11.3 Å². The highest BCUT2D eigenvalue weighted by atomic mass is 16.5. The summed E-state index contributed by atoms with van der Waals surface area (Å²) in [5.74, 6) is -0.466. The van der Waals surface area contributed by atoms with E-state index in [9.17, 15) is 9.59 Å². The average molecular weight is 387 g/mol. The van der Waals surface area contributed by atoms with Gasteiger partial charge in [0.05, 0.1) is 36.7 Å². The minimum absolute atomic E-state index is 0.223. The van der Waals surface area contributed by atoms with Gasteiger partial charge >= 0.3 is 0 Å². The van der Waals surface area contributed by atoms with Crippen molar-refractivity contribution in [3.63, 3.8) is 0 Å². The number of amides is 2. The Kier molecular flexibility index (Phi) is 6.54. The molecule has 0 saturated carbocycles. The van der Waals surface area contributed by atoms with Crippen LogP contribution in [0.1, 0.15) is 26.3 Å². The summed E-state index contributed by atoms with van der Waals surface area (Å²) in [5, 5.41) is 6.44. The van der Waals surface area contributed by atoms with E-state index < -0.39 is 11.8 Å². The number of ether oxygens (including phenoxy) is 2. The van der Waals surface area contributed by atoms with Crippen molar-refractivity contribution in [1.82, 2.24) is 0 Å². The van der Waals surface area contributed by atoms with Crippen LogP contribution in [0.2, 0.25) is 0 Å². The molecule has 2 aromatic rings. The molecule has 0 unspecified atom stereocenters. The van der Waals surface area contributed by atoms with Crippen LogP contribution in [0.5, 0.6) is 11.5 Å². The highest BCUT2D eigenvalue weighted by Crippen LogP contribution is 2.33. The molecule has 9 heteroatoms. The highest BCUT2D eigenvalue weighted by Gasteiger charge is 2.16. The van der Waals surface area contributed by atoms with Gasteiger partial charge in [-0.2, -0.15) is 0 Å². The zero-order valence-corrected chi connectivity index (χ0v) is 16.1. The van der Waals surface area contributed by atoms with E-state index in [1.54, 1.807) is 24.3 Å². The largest absolute Gasteiger partial charge is 0.496 e. The summed E-state index contributed by atoms with van der Waals surface area (Å²) in [5.41, 5.74) is 19.8. The van der Waals surface area contributed by atoms with E-state index in [2.05, 4.69) is 10.6 Å². The molecule has 2 aromatic carbocycles. The van der Waals surface area contributed by atoms with Gasteiger partial charge in [0.25, 0.3) is 11.8 Å². The number of rotatable bonds is 9. The van der Waals surface area contributed by atoms with Crippen molar-refractivity contribution in [3.05, 3.63) is 41.0 Å². The lowest BCUT2D eigenvalue weighted by molar-refractivity contribution is 0.0988. The van der Waals surface area contributed by atoms with E-state index in [-0.39, 0.29) is 11.3 Å². The molecule has 0 heterocycles. The maximum absolute atomic E-state index is 11.5. The van der Waals surface area contributed by atoms with Crippen LogP contribution in [-0.2, 0) is 0 Å². The molecule has 0 radical (unpaired) electrons. The lowest BCUT2D eigenvalue weighted by Gasteiger charge is -2.17. The number of methoxy groups -OCH3 is 2. The van der Waals surface area contributed by atoms with Gasteiger partial charge in [-0.1, -0.05) is 0 Å². The second-order valence-corrected chi connectivity index (χ2v) is 6.01. The van der Waals surface area contributed by atoms with Crippen molar-refractivity contribution in [1.29, 1.82) is 0 Å². The van der Waals surface area contributed by atoms with E-state index in [1.807, 2.05) is 6.92 Å². The second-order valence-electron chi connectivity index (χ2n) is 6.01. The number of primary amides is 2. The standard InChI is InChI=1S/C19H25N5O4/c1-10-13(6-4-11(18(21)25)16(10)27-2)23-8-9-24-14-7-5-12(19(22)26)17(28-3)15(14)20/h4-7,23-24H,8-9,20H2,1-3H3,(H2,21,25)(H2,22,26). The van der Waals surface area contributed by atoms with Gasteiger partial charge in [0.1, 0.15) is 5.75 Å². The fraction of sp³-hybridized carbons (Fsp3) is 0.263. The lowest BCUT2D eigenvalue weighted by Crippen LogP contribution is -2.18. The molecule has 0 aliphatic carbocycles. The molecule has 0 spiro atoms. The topological polar surface area (TPSA) is 155 Å². The summed E-state index contributed by atoms with van der Waals surface area (Å²) >= 11 is 0. The van der Waals surface area contributed by atoms with Gasteiger partial charge in [-0.25, -0.2) is 0 Å². The summed E-state index contributed by atoms with van der Waals surface area (Å²) in [4.78, 5) is 22.9. The van der Waals surface area contributed by atoms with Crippen LogP contribution in [0.3, 0.4) is 0 Å². The van der Waals surface area contributed by atoms with Crippen LogP contribution in [0.15, 0.2) is 24.3 Å². The van der Waals surface area contributed by atoms with E-state index in [1.165, 1.54) is 14.2 Å². The van der Waals surface area contributed by atoms with Crippen molar-refractivity contribution in [2.24, 2.45) is 11.5 Å². The van der Waals surface area contributed by atoms with Gasteiger partial charge in [-0.15, -0.1) is 0 Å². The molecule has 28 heavy (non-hydrogen) atoms. The molecule has 0 aromatic heterocycles. The summed E-state index contributed by atoms with van der Waals surface area (Å²) in [6.45, 7) is 2.92. The number of anilines is 3. The summed E-state index contributed by atoms with van der Waals surface area (Å²) in [7, 11) is 2.92. The molecule has 0 fully saturated rings. The van der Waals surface area contributed by atoms with Gasteiger partial charge in [-0.3, -0.25) is 9.59 Å². The zero-order chi connectivity index (χ0) is 20.8. The van der Waals surface area contributed by atoms with Gasteiger partial charge in [0, 0.05) is 24.3 Å². The first-order chi connectivity index (χ1) is 13.3. The first kappa shape index (κ1) is 20.7. The number of benzene rings is 2. The van der Waals surface area contributed by atoms with Gasteiger partial charge in [-0.05, 0) is 31.2 Å². The maximum atomic E-state index is 11.5. The molecule has 0 bridgehead atoms. The van der Waals surface area contributed by atoms with Crippen molar-refractivity contribution < 1.29 is 19.1 Å². The number of nitrogens with two attached hydrogens (primary N) is 3. The normalized spacial score (nSPS) is 10.2. The van der Waals surface area contributed by atoms with E-state index >= 15 is 0 Å². The summed E-state index contributed by atoms with van der Waals surface area (Å²) < 4.78 is 10.5. The van der Waals surface area contributed by atoms with Crippen molar-refractivity contribution in [2.45, 2.75) is 6.92 Å². The van der Waals surface area contributed by atoms with Gasteiger partial charge in [0.15, 0.2) is 5.75 Å². The maximum Gasteiger partial charge on any atom is 0.252 e. The molecule has 9 nitrogen and oxygen atoms in total. The monoisotopic (exact) mass is 387 g/mol. The van der Waals surface area contributed by atoms with Crippen LogP contribution in [-0.4, -0.2) is 39.1 Å². The second kappa shape index (κ2) is 8.85. The third-order valence-electron chi connectivity index (χ3n) is 4.30. The van der Waals surface area contributed by atoms with Crippen LogP contribution in [0, 0.1) is 6.92 Å². The minimum atomic E-state index is -0.611. The smallest absolute Gasteiger partial charge is 0.252 e. The molecule has 0 aliphatic rings. The Morgan fingerprint density at radius 1 is 0.857 bits per heavy atom. The number of hydrogen-bond acceptors (Lipinski definition) is 7. The molecule has 150 valence electrons. The van der Waals surface area contributed by atoms with Crippen LogP contribution >= 0.6 is 0 Å². The average Bonchev–Trinajstić information content (AvgIpc) is 2.66. The predicted molar refractivity (Wildman–Crippen MR) is 109 cm³/mol. The van der Waals surface area contributed by atoms with Gasteiger partial charge in [0.2, 0.25) is 0 Å². The summed E-state index contributed by atoms with van der Waals surface area (Å²) in [6, 6.07) is 6.63. The number of carbonyl (C=O) groups excluding carboxylic acids is 2. The Hall–Kier alpha value is -3.62. The van der Waals surface area contributed by atoms with E-state index in [4.69, 9.17) is 26.7 Å². The third-order valence-corrected chi connectivity index (χ3v) is 4.30. The third kappa shape index (κ3) is 4.20. The lowest BCUT2D eigenvalue weighted by atomic mass is 10.1. The van der Waals surface area contributed by atoms with Crippen molar-refractivity contribution in [3.8, 4) is 11.5 Å². The quantitative estimate of drug-likeness (QED) is 0.321. The van der Waals surface area contributed by atoms with Crippen molar-refractivity contribution >= 4 is 28.9 Å². The Bertz CT molecular complexity index is 825. The van der Waals surface area contributed by atoms with Gasteiger partial charge < -0.3 is 37.3 Å². The molecule has 0 aliphatic heterocycles. The Balaban J connectivity index is 2.06. The van der Waals surface area contributed by atoms with Crippen LogP contribution < -0.4 is 37.3 Å². The van der Waals surface area contributed by atoms with Crippen molar-refractivity contribution in [2.75, 3.05) is 43.7 Å². The number of nitrogens with one attached hydrogen (secondary N) is 2. The minimum Gasteiger partial charge on any atom is -0.496 e. The SMILES string of the molecule is COc1c(C(N)=O)ccc(NCCNc2ccc(C(N)=O)c(OC)c2N)c1C. The number of hydrogen-bond donors (Lipinski definition) is 5. The molecule has 8 N–H and O–H groups in total. The Morgan fingerprint density at radius 3 is 1.82 bits per heavy atom. The Labute approximate surface area is 163 Å². The summed E-state index contributed by atoms with van der Waals surface area (Å²) in [6.07, 6.45) is 0. The first-order valence-electron chi connectivity index (χ1n) is 8.53. The number of carbonyl (C=O) groups is 2. The molecule has 2 rings (SSSR count). The Morgan fingerprint density at radius 2 is 1.32 bits per heavy atom. The first-order valence-corrected chi connectivity index (χ1v) is 8.53. The molecule has 0 saturated heterocycles. The molecule has 2 amide bonds. The highest BCUT2D eigenvalue weighted by molar-refractivity contribution is 5.99. The van der Waals surface area contributed by atoms with Crippen LogP contribution in [0.25, 0.3) is 0 Å². The predicted octanol–water partition coefficient (Wildman–Crippen LogP) is 1.32. The zero-order valence-electron chi connectivity index (χ0n) is 16.1. The number of nitrogen functional groups attached to an aromatic ring is 1. The molecular formula is C19H25N5O4.